The zero-order valence-electron chi connectivity index (χ0n) is 18.3. The van der Waals surface area contributed by atoms with Crippen molar-refractivity contribution in [1.82, 2.24) is 5.32 Å². The number of hydrogen-bond donors (Lipinski definition) is 1. The van der Waals surface area contributed by atoms with Gasteiger partial charge in [0, 0.05) is 24.6 Å². The predicted molar refractivity (Wildman–Crippen MR) is 124 cm³/mol. The van der Waals surface area contributed by atoms with Gasteiger partial charge in [-0.15, -0.1) is 0 Å². The van der Waals surface area contributed by atoms with Crippen LogP contribution in [0.5, 0.6) is 11.5 Å². The monoisotopic (exact) mass is 417 g/mol. The summed E-state index contributed by atoms with van der Waals surface area (Å²) in [6.07, 6.45) is 2.29. The van der Waals surface area contributed by atoms with E-state index in [9.17, 15) is 0 Å². The molecule has 0 bridgehead atoms. The van der Waals surface area contributed by atoms with Crippen molar-refractivity contribution in [2.45, 2.75) is 37.5 Å². The zero-order chi connectivity index (χ0) is 21.5. The van der Waals surface area contributed by atoms with Gasteiger partial charge < -0.3 is 19.5 Å². The summed E-state index contributed by atoms with van der Waals surface area (Å²) in [5.41, 5.74) is 3.77. The molecule has 0 spiro atoms. The molecule has 1 aliphatic rings. The minimum atomic E-state index is 0.180. The average molecular weight is 418 g/mol. The fourth-order valence-electron chi connectivity index (χ4n) is 4.37. The molecule has 1 N–H and O–H groups in total. The number of rotatable bonds is 8. The Morgan fingerprint density at radius 3 is 1.90 bits per heavy atom. The average Bonchev–Trinajstić information content (AvgIpc) is 2.85. The Hall–Kier alpha value is -2.82. The van der Waals surface area contributed by atoms with Crippen LogP contribution in [0.25, 0.3) is 0 Å². The Kier molecular flexibility index (Phi) is 7.23. The lowest BCUT2D eigenvalue weighted by Crippen LogP contribution is -2.41. The second-order valence-electron chi connectivity index (χ2n) is 8.05. The lowest BCUT2D eigenvalue weighted by Gasteiger charge is -2.35. The van der Waals surface area contributed by atoms with E-state index in [0.29, 0.717) is 12.6 Å². The first-order valence-corrected chi connectivity index (χ1v) is 10.9. The summed E-state index contributed by atoms with van der Waals surface area (Å²) in [6.45, 7) is 1.47. The van der Waals surface area contributed by atoms with E-state index in [0.717, 1.165) is 36.4 Å². The fourth-order valence-corrected chi connectivity index (χ4v) is 4.37. The van der Waals surface area contributed by atoms with Gasteiger partial charge in [-0.25, -0.2) is 0 Å². The van der Waals surface area contributed by atoms with Gasteiger partial charge in [0.15, 0.2) is 0 Å². The summed E-state index contributed by atoms with van der Waals surface area (Å²) in [5, 5.41) is 3.64. The highest BCUT2D eigenvalue weighted by Crippen LogP contribution is 2.34. The van der Waals surface area contributed by atoms with Crippen LogP contribution >= 0.6 is 0 Å². The van der Waals surface area contributed by atoms with Gasteiger partial charge in [0.1, 0.15) is 11.5 Å². The largest absolute Gasteiger partial charge is 0.497 e. The zero-order valence-corrected chi connectivity index (χ0v) is 18.3. The maximum absolute atomic E-state index is 6.43. The number of ether oxygens (including phenoxy) is 3. The lowest BCUT2D eigenvalue weighted by atomic mass is 9.83. The van der Waals surface area contributed by atoms with Gasteiger partial charge in [-0.2, -0.15) is 0 Å². The molecule has 1 saturated heterocycles. The van der Waals surface area contributed by atoms with Crippen molar-refractivity contribution in [3.05, 3.63) is 95.6 Å². The van der Waals surface area contributed by atoms with Crippen LogP contribution in [0, 0.1) is 0 Å². The molecule has 2 atom stereocenters. The van der Waals surface area contributed by atoms with Crippen molar-refractivity contribution in [3.63, 3.8) is 0 Å². The highest BCUT2D eigenvalue weighted by atomic mass is 16.5. The molecular formula is C27H31NO3. The first-order valence-electron chi connectivity index (χ1n) is 10.9. The quantitative estimate of drug-likeness (QED) is 0.549. The Labute approximate surface area is 185 Å². The molecule has 0 amide bonds. The maximum Gasteiger partial charge on any atom is 0.122 e. The molecular weight excluding hydrogens is 386 g/mol. The van der Waals surface area contributed by atoms with Crippen molar-refractivity contribution < 1.29 is 14.2 Å². The summed E-state index contributed by atoms with van der Waals surface area (Å²) in [4.78, 5) is 0. The minimum absolute atomic E-state index is 0.180. The Balaban J connectivity index is 1.39. The Morgan fingerprint density at radius 2 is 1.42 bits per heavy atom. The van der Waals surface area contributed by atoms with Gasteiger partial charge in [-0.05, 0) is 41.7 Å². The van der Waals surface area contributed by atoms with Crippen LogP contribution in [0.15, 0.2) is 78.9 Å². The molecule has 1 fully saturated rings. The van der Waals surface area contributed by atoms with E-state index < -0.39 is 0 Å². The molecule has 0 radical (unpaired) electrons. The third-order valence-corrected chi connectivity index (χ3v) is 6.01. The van der Waals surface area contributed by atoms with Crippen LogP contribution in [0.2, 0.25) is 0 Å². The molecule has 31 heavy (non-hydrogen) atoms. The van der Waals surface area contributed by atoms with E-state index in [2.05, 4.69) is 66.0 Å². The summed E-state index contributed by atoms with van der Waals surface area (Å²) >= 11 is 0. The van der Waals surface area contributed by atoms with Crippen molar-refractivity contribution >= 4 is 0 Å². The summed E-state index contributed by atoms with van der Waals surface area (Å²) in [7, 11) is 3.36. The van der Waals surface area contributed by atoms with Crippen LogP contribution < -0.4 is 14.8 Å². The number of nitrogens with one attached hydrogen (secondary N) is 1. The summed E-state index contributed by atoms with van der Waals surface area (Å²) in [6, 6.07) is 27.7. The molecule has 0 saturated carbocycles. The molecule has 4 nitrogen and oxygen atoms in total. The van der Waals surface area contributed by atoms with E-state index in [-0.39, 0.29) is 12.0 Å². The second kappa shape index (κ2) is 10.5. The lowest BCUT2D eigenvalue weighted by molar-refractivity contribution is -0.0116. The molecule has 3 aromatic rings. The number of benzene rings is 3. The van der Waals surface area contributed by atoms with E-state index >= 15 is 0 Å². The third kappa shape index (κ3) is 5.46. The second-order valence-corrected chi connectivity index (χ2v) is 8.05. The molecule has 3 aromatic carbocycles. The molecule has 4 rings (SSSR count). The van der Waals surface area contributed by atoms with Gasteiger partial charge >= 0.3 is 0 Å². The smallest absolute Gasteiger partial charge is 0.122 e. The third-order valence-electron chi connectivity index (χ3n) is 6.01. The molecule has 4 heteroatoms. The molecule has 0 unspecified atom stereocenters. The van der Waals surface area contributed by atoms with Crippen LogP contribution in [0.3, 0.4) is 0 Å². The highest BCUT2D eigenvalue weighted by molar-refractivity contribution is 5.38. The van der Waals surface area contributed by atoms with E-state index in [1.807, 2.05) is 18.2 Å². The van der Waals surface area contributed by atoms with Gasteiger partial charge in [-0.3, -0.25) is 0 Å². The predicted octanol–water partition coefficient (Wildman–Crippen LogP) is 5.17. The molecule has 1 heterocycles. The maximum atomic E-state index is 6.43. The minimum Gasteiger partial charge on any atom is -0.497 e. The standard InChI is InChI=1S/C27H31NO3/c1-29-24-15-20(16-25(17-24)30-2)18-28-23-13-14-26(31-19-23)27(21-9-5-3-6-10-21)22-11-7-4-8-12-22/h3-12,15-17,23,26-28H,13-14,18-19H2,1-2H3/t23-,26-/m0/s1. The van der Waals surface area contributed by atoms with Crippen molar-refractivity contribution in [2.75, 3.05) is 20.8 Å². The van der Waals surface area contributed by atoms with Crippen molar-refractivity contribution in [1.29, 1.82) is 0 Å². The van der Waals surface area contributed by atoms with Crippen molar-refractivity contribution in [2.24, 2.45) is 0 Å². The summed E-state index contributed by atoms with van der Waals surface area (Å²) < 4.78 is 17.2. The van der Waals surface area contributed by atoms with Gasteiger partial charge in [0.25, 0.3) is 0 Å². The van der Waals surface area contributed by atoms with E-state index in [1.54, 1.807) is 14.2 Å². The summed E-state index contributed by atoms with van der Waals surface area (Å²) in [5.74, 6) is 1.88. The van der Waals surface area contributed by atoms with Gasteiger partial charge in [0.05, 0.1) is 26.9 Å². The van der Waals surface area contributed by atoms with Gasteiger partial charge in [0.2, 0.25) is 0 Å². The fraction of sp³-hybridized carbons (Fsp3) is 0.333. The van der Waals surface area contributed by atoms with Gasteiger partial charge in [-0.1, -0.05) is 60.7 Å². The van der Waals surface area contributed by atoms with Crippen LogP contribution in [-0.4, -0.2) is 33.0 Å². The molecule has 0 aromatic heterocycles. The van der Waals surface area contributed by atoms with E-state index in [4.69, 9.17) is 14.2 Å². The molecule has 162 valence electrons. The number of hydrogen-bond acceptors (Lipinski definition) is 4. The van der Waals surface area contributed by atoms with Crippen LogP contribution in [-0.2, 0) is 11.3 Å². The topological polar surface area (TPSA) is 39.7 Å². The SMILES string of the molecule is COc1cc(CN[C@H]2CC[C@@H](C(c3ccccc3)c3ccccc3)OC2)cc(OC)c1. The van der Waals surface area contributed by atoms with Crippen LogP contribution in [0.1, 0.15) is 35.4 Å². The van der Waals surface area contributed by atoms with Crippen molar-refractivity contribution in [3.8, 4) is 11.5 Å². The highest BCUT2D eigenvalue weighted by Gasteiger charge is 2.30. The van der Waals surface area contributed by atoms with E-state index in [1.165, 1.54) is 11.1 Å². The van der Waals surface area contributed by atoms with Crippen LogP contribution in [0.4, 0.5) is 0 Å². The Morgan fingerprint density at radius 1 is 0.839 bits per heavy atom. The Bertz CT molecular complexity index is 875. The molecule has 1 aliphatic heterocycles. The first-order chi connectivity index (χ1) is 15.3. The normalized spacial score (nSPS) is 18.7. The molecule has 0 aliphatic carbocycles. The first kappa shape index (κ1) is 21.4. The number of methoxy groups -OCH3 is 2.